The molecule has 0 aliphatic rings. The molecule has 0 saturated carbocycles. The van der Waals surface area contributed by atoms with Crippen molar-refractivity contribution in [1.82, 2.24) is 9.55 Å². The highest BCUT2D eigenvalue weighted by Gasteiger charge is 2.11. The molecule has 1 N–H and O–H groups in total. The molecule has 0 aliphatic heterocycles. The highest BCUT2D eigenvalue weighted by Crippen LogP contribution is 2.18. The molecule has 1 aromatic heterocycles. The molecule has 5 nitrogen and oxygen atoms in total. The average Bonchev–Trinajstić information content (AvgIpc) is 2.73. The Morgan fingerprint density at radius 2 is 2.06 bits per heavy atom. The first kappa shape index (κ1) is 15.0. The number of hydrogen-bond donors (Lipinski definition) is 1. The molecule has 104 valence electrons. The summed E-state index contributed by atoms with van der Waals surface area (Å²) in [5, 5.41) is 3.36. The molecule has 0 spiro atoms. The van der Waals surface area contributed by atoms with E-state index in [1.165, 1.54) is 0 Å². The van der Waals surface area contributed by atoms with Crippen molar-refractivity contribution in [2.45, 2.75) is 32.7 Å². The molecule has 1 atom stereocenters. The van der Waals surface area contributed by atoms with E-state index in [1.807, 2.05) is 6.92 Å². The average molecular weight is 255 g/mol. The van der Waals surface area contributed by atoms with Crippen molar-refractivity contribution in [1.29, 1.82) is 0 Å². The topological polar surface area (TPSA) is 48.3 Å². The minimum atomic E-state index is 0.385. The summed E-state index contributed by atoms with van der Waals surface area (Å²) < 4.78 is 12.3. The first-order chi connectivity index (χ1) is 8.69. The summed E-state index contributed by atoms with van der Waals surface area (Å²) in [6.07, 6.45) is 4.05. The Kier molecular flexibility index (Phi) is 6.75. The highest BCUT2D eigenvalue weighted by molar-refractivity contribution is 5.29. The lowest BCUT2D eigenvalue weighted by atomic mass is 10.2. The van der Waals surface area contributed by atoms with Crippen LogP contribution in [0.1, 0.15) is 31.5 Å². The van der Waals surface area contributed by atoms with Crippen LogP contribution in [0.4, 0.5) is 5.95 Å². The van der Waals surface area contributed by atoms with Gasteiger partial charge in [0.05, 0.1) is 5.69 Å². The largest absolute Gasteiger partial charge is 0.385 e. The van der Waals surface area contributed by atoms with Gasteiger partial charge in [-0.15, -0.1) is 0 Å². The lowest BCUT2D eigenvalue weighted by Gasteiger charge is -2.16. The van der Waals surface area contributed by atoms with Gasteiger partial charge in [0, 0.05) is 46.2 Å². The number of nitrogens with one attached hydrogen (secondary N) is 1. The van der Waals surface area contributed by atoms with Crippen LogP contribution < -0.4 is 5.32 Å². The second-order valence-electron chi connectivity index (χ2n) is 4.52. The maximum absolute atomic E-state index is 5.12. The van der Waals surface area contributed by atoms with Gasteiger partial charge in [-0.2, -0.15) is 0 Å². The fraction of sp³-hybridized carbons (Fsp3) is 0.769. The molecule has 1 aromatic rings. The number of rotatable bonds is 9. The predicted molar refractivity (Wildman–Crippen MR) is 73.2 cm³/mol. The summed E-state index contributed by atoms with van der Waals surface area (Å²) in [6.45, 7) is 6.61. The number of aryl methyl sites for hydroxylation is 1. The molecule has 1 unspecified atom stereocenters. The van der Waals surface area contributed by atoms with Crippen LogP contribution in [0.3, 0.4) is 0 Å². The third kappa shape index (κ3) is 4.66. The first-order valence-corrected chi connectivity index (χ1v) is 6.46. The van der Waals surface area contributed by atoms with E-state index in [2.05, 4.69) is 28.0 Å². The third-order valence-corrected chi connectivity index (χ3v) is 2.88. The number of ether oxygens (including phenoxy) is 2. The van der Waals surface area contributed by atoms with Crippen molar-refractivity contribution < 1.29 is 9.47 Å². The fourth-order valence-corrected chi connectivity index (χ4v) is 1.83. The van der Waals surface area contributed by atoms with E-state index in [0.29, 0.717) is 6.04 Å². The van der Waals surface area contributed by atoms with Crippen molar-refractivity contribution >= 4 is 5.95 Å². The number of hydrogen-bond acceptors (Lipinski definition) is 4. The van der Waals surface area contributed by atoms with Gasteiger partial charge in [0.1, 0.15) is 0 Å². The molecule has 0 radical (unpaired) electrons. The van der Waals surface area contributed by atoms with Crippen LogP contribution in [0, 0.1) is 6.92 Å². The fourth-order valence-electron chi connectivity index (χ4n) is 1.83. The summed E-state index contributed by atoms with van der Waals surface area (Å²) in [7, 11) is 3.45. The van der Waals surface area contributed by atoms with E-state index in [0.717, 1.165) is 44.2 Å². The number of methoxy groups -OCH3 is 2. The second kappa shape index (κ2) is 8.11. The van der Waals surface area contributed by atoms with E-state index in [-0.39, 0.29) is 0 Å². The molecule has 0 fully saturated rings. The Balaban J connectivity index is 2.55. The number of aromatic nitrogens is 2. The summed E-state index contributed by atoms with van der Waals surface area (Å²) >= 11 is 0. The monoisotopic (exact) mass is 255 g/mol. The SMILES string of the molecule is COCCCNc1nc(C)cn1C(C)CCOC. The molecule has 0 bridgehead atoms. The van der Waals surface area contributed by atoms with Crippen molar-refractivity contribution in [2.24, 2.45) is 0 Å². The van der Waals surface area contributed by atoms with Crippen molar-refractivity contribution in [3.05, 3.63) is 11.9 Å². The minimum absolute atomic E-state index is 0.385. The summed E-state index contributed by atoms with van der Waals surface area (Å²) in [4.78, 5) is 4.51. The molecule has 0 amide bonds. The zero-order valence-electron chi connectivity index (χ0n) is 11.9. The maximum Gasteiger partial charge on any atom is 0.203 e. The standard InChI is InChI=1S/C13H25N3O2/c1-11-10-16(12(2)6-9-18-4)13(15-11)14-7-5-8-17-3/h10,12H,5-9H2,1-4H3,(H,14,15). The van der Waals surface area contributed by atoms with Gasteiger partial charge in [-0.1, -0.05) is 0 Å². The molecular formula is C13H25N3O2. The summed E-state index contributed by atoms with van der Waals surface area (Å²) in [5.41, 5.74) is 1.04. The van der Waals surface area contributed by atoms with E-state index in [9.17, 15) is 0 Å². The first-order valence-electron chi connectivity index (χ1n) is 6.46. The van der Waals surface area contributed by atoms with Gasteiger partial charge in [0.2, 0.25) is 5.95 Å². The Morgan fingerprint density at radius 3 is 2.72 bits per heavy atom. The smallest absolute Gasteiger partial charge is 0.203 e. The molecule has 0 aromatic carbocycles. The minimum Gasteiger partial charge on any atom is -0.385 e. The number of imidazole rings is 1. The normalized spacial score (nSPS) is 12.7. The second-order valence-corrected chi connectivity index (χ2v) is 4.52. The Morgan fingerprint density at radius 1 is 1.33 bits per heavy atom. The quantitative estimate of drug-likeness (QED) is 0.687. The third-order valence-electron chi connectivity index (χ3n) is 2.88. The molecular weight excluding hydrogens is 230 g/mol. The zero-order chi connectivity index (χ0) is 13.4. The summed E-state index contributed by atoms with van der Waals surface area (Å²) in [6, 6.07) is 0.385. The van der Waals surface area contributed by atoms with Crippen molar-refractivity contribution in [2.75, 3.05) is 39.3 Å². The molecule has 0 saturated heterocycles. The van der Waals surface area contributed by atoms with Gasteiger partial charge in [-0.05, 0) is 26.7 Å². The van der Waals surface area contributed by atoms with Crippen molar-refractivity contribution in [3.8, 4) is 0 Å². The molecule has 5 heteroatoms. The predicted octanol–water partition coefficient (Wildman–Crippen LogP) is 2.24. The van der Waals surface area contributed by atoms with E-state index in [1.54, 1.807) is 14.2 Å². The van der Waals surface area contributed by atoms with Gasteiger partial charge < -0.3 is 19.4 Å². The highest BCUT2D eigenvalue weighted by atomic mass is 16.5. The maximum atomic E-state index is 5.12. The van der Waals surface area contributed by atoms with Crippen LogP contribution in [-0.4, -0.2) is 43.5 Å². The zero-order valence-corrected chi connectivity index (χ0v) is 11.9. The van der Waals surface area contributed by atoms with E-state index in [4.69, 9.17) is 9.47 Å². The van der Waals surface area contributed by atoms with Crippen LogP contribution in [0.15, 0.2) is 6.20 Å². The number of nitrogens with zero attached hydrogens (tertiary/aromatic N) is 2. The Hall–Kier alpha value is -1.07. The molecule has 1 rings (SSSR count). The van der Waals surface area contributed by atoms with Crippen LogP contribution in [-0.2, 0) is 9.47 Å². The van der Waals surface area contributed by atoms with Gasteiger partial charge in [-0.3, -0.25) is 0 Å². The lowest BCUT2D eigenvalue weighted by Crippen LogP contribution is -2.13. The van der Waals surface area contributed by atoms with Gasteiger partial charge >= 0.3 is 0 Å². The molecule has 18 heavy (non-hydrogen) atoms. The van der Waals surface area contributed by atoms with Crippen LogP contribution in [0.25, 0.3) is 0 Å². The van der Waals surface area contributed by atoms with E-state index >= 15 is 0 Å². The van der Waals surface area contributed by atoms with Gasteiger partial charge in [0.25, 0.3) is 0 Å². The van der Waals surface area contributed by atoms with Gasteiger partial charge in [-0.25, -0.2) is 4.98 Å². The molecule has 1 heterocycles. The Labute approximate surface area is 109 Å². The van der Waals surface area contributed by atoms with E-state index < -0.39 is 0 Å². The Bertz CT molecular complexity index is 339. The lowest BCUT2D eigenvalue weighted by molar-refractivity contribution is 0.181. The summed E-state index contributed by atoms with van der Waals surface area (Å²) in [5.74, 6) is 0.937. The molecule has 0 aliphatic carbocycles. The van der Waals surface area contributed by atoms with Crippen LogP contribution >= 0.6 is 0 Å². The van der Waals surface area contributed by atoms with Crippen LogP contribution in [0.5, 0.6) is 0 Å². The van der Waals surface area contributed by atoms with Crippen molar-refractivity contribution in [3.63, 3.8) is 0 Å². The number of anilines is 1. The van der Waals surface area contributed by atoms with Crippen LogP contribution in [0.2, 0.25) is 0 Å². The van der Waals surface area contributed by atoms with Gasteiger partial charge in [0.15, 0.2) is 0 Å².